The van der Waals surface area contributed by atoms with Crippen molar-refractivity contribution in [3.05, 3.63) is 54.0 Å². The van der Waals surface area contributed by atoms with Gasteiger partial charge in [0.15, 0.2) is 5.89 Å². The highest BCUT2D eigenvalue weighted by atomic mass is 16.6. The van der Waals surface area contributed by atoms with Gasteiger partial charge in [-0.15, -0.1) is 0 Å². The number of methoxy groups -OCH3 is 1. The van der Waals surface area contributed by atoms with E-state index >= 15 is 0 Å². The number of aliphatic hydroxyl groups is 1. The van der Waals surface area contributed by atoms with Crippen molar-refractivity contribution < 1.29 is 28.6 Å². The first-order valence-electron chi connectivity index (χ1n) is 18.1. The molecule has 1 saturated heterocycles. The lowest BCUT2D eigenvalue weighted by molar-refractivity contribution is -0.124. The average molecular weight is 672 g/mol. The number of nitrogens with zero attached hydrogens (tertiary/aromatic N) is 5. The zero-order chi connectivity index (χ0) is 34.1. The molecule has 11 heteroatoms. The van der Waals surface area contributed by atoms with E-state index in [1.165, 1.54) is 0 Å². The molecule has 1 unspecified atom stereocenters. The number of carbonyl (C=O) groups excluding carboxylic acids is 2. The van der Waals surface area contributed by atoms with Crippen LogP contribution in [0.3, 0.4) is 0 Å². The molecule has 262 valence electrons. The lowest BCUT2D eigenvalue weighted by atomic mass is 9.79. The highest BCUT2D eigenvalue weighted by molar-refractivity contribution is 5.94. The monoisotopic (exact) mass is 671 g/mol. The number of likely N-dealkylation sites (tertiary alicyclic amines) is 1. The Hall–Kier alpha value is -3.99. The Morgan fingerprint density at radius 1 is 1.02 bits per heavy atom. The lowest BCUT2D eigenvalue weighted by Gasteiger charge is -2.35. The number of pyridine rings is 2. The number of hydrogen-bond donors (Lipinski definition) is 1. The summed E-state index contributed by atoms with van der Waals surface area (Å²) < 4.78 is 17.0. The first-order chi connectivity index (χ1) is 23.7. The van der Waals surface area contributed by atoms with E-state index in [2.05, 4.69) is 6.07 Å². The van der Waals surface area contributed by atoms with Gasteiger partial charge < -0.3 is 23.9 Å². The highest BCUT2D eigenvalue weighted by Crippen LogP contribution is 2.41. The number of hydrogen-bond acceptors (Lipinski definition) is 9. The van der Waals surface area contributed by atoms with Crippen LogP contribution in [-0.4, -0.2) is 75.4 Å². The summed E-state index contributed by atoms with van der Waals surface area (Å²) in [5.74, 6) is 3.29. The predicted octanol–water partition coefficient (Wildman–Crippen LogP) is 6.79. The number of rotatable bonds is 9. The van der Waals surface area contributed by atoms with Crippen LogP contribution in [0.25, 0.3) is 11.3 Å². The maximum absolute atomic E-state index is 14.4. The van der Waals surface area contributed by atoms with Crippen molar-refractivity contribution >= 4 is 17.8 Å². The van der Waals surface area contributed by atoms with Crippen molar-refractivity contribution in [1.29, 1.82) is 0 Å². The van der Waals surface area contributed by atoms with E-state index in [0.717, 1.165) is 72.8 Å². The summed E-state index contributed by atoms with van der Waals surface area (Å²) in [6.45, 7) is 5.12. The molecule has 3 aromatic heterocycles. The van der Waals surface area contributed by atoms with Crippen LogP contribution in [0.2, 0.25) is 0 Å². The first-order valence-corrected chi connectivity index (χ1v) is 18.1. The summed E-state index contributed by atoms with van der Waals surface area (Å²) in [6, 6.07) is 8.00. The Kier molecular flexibility index (Phi) is 9.64. The third-order valence-electron chi connectivity index (χ3n) is 11.0. The van der Waals surface area contributed by atoms with E-state index in [4.69, 9.17) is 28.8 Å². The normalized spacial score (nSPS) is 27.1. The van der Waals surface area contributed by atoms with Crippen molar-refractivity contribution in [2.45, 2.75) is 108 Å². The Labute approximate surface area is 288 Å². The number of β-amino-alcohol motifs (C(OH)–C–C–N with tert-alkyl or cyclic N) is 1. The molecule has 3 aliphatic carbocycles. The fourth-order valence-corrected chi connectivity index (χ4v) is 7.84. The van der Waals surface area contributed by atoms with Gasteiger partial charge in [0.1, 0.15) is 29.6 Å². The van der Waals surface area contributed by atoms with Crippen LogP contribution < -0.4 is 9.64 Å². The van der Waals surface area contributed by atoms with Gasteiger partial charge in [0, 0.05) is 48.3 Å². The van der Waals surface area contributed by atoms with Gasteiger partial charge in [-0.3, -0.25) is 14.7 Å². The molecule has 7 rings (SSSR count). The minimum absolute atomic E-state index is 0.0819. The average Bonchev–Trinajstić information content (AvgIpc) is 3.72. The smallest absolute Gasteiger partial charge is 0.410 e. The quantitative estimate of drug-likeness (QED) is 0.261. The summed E-state index contributed by atoms with van der Waals surface area (Å²) in [7, 11) is 1.67. The molecule has 4 fully saturated rings. The lowest BCUT2D eigenvalue weighted by Crippen LogP contribution is -2.43. The molecule has 3 aromatic rings. The number of oxazole rings is 1. The predicted molar refractivity (Wildman–Crippen MR) is 183 cm³/mol. The number of aryl methyl sites for hydroxylation is 1. The van der Waals surface area contributed by atoms with E-state index in [9.17, 15) is 14.7 Å². The minimum atomic E-state index is -0.865. The van der Waals surface area contributed by atoms with Crippen molar-refractivity contribution in [2.75, 3.05) is 31.6 Å². The minimum Gasteiger partial charge on any atom is -0.495 e. The maximum atomic E-state index is 14.4. The summed E-state index contributed by atoms with van der Waals surface area (Å²) in [4.78, 5) is 45.0. The van der Waals surface area contributed by atoms with Crippen molar-refractivity contribution in [3.63, 3.8) is 0 Å². The maximum Gasteiger partial charge on any atom is 0.410 e. The number of anilines is 1. The van der Waals surface area contributed by atoms with Crippen LogP contribution in [-0.2, 0) is 9.53 Å². The number of amides is 2. The van der Waals surface area contributed by atoms with Gasteiger partial charge in [0.2, 0.25) is 5.91 Å². The third kappa shape index (κ3) is 7.77. The molecule has 0 bridgehead atoms. The van der Waals surface area contributed by atoms with E-state index in [0.29, 0.717) is 68.8 Å². The standard InChI is InChI=1S/C38H49N5O6/c1-24-33(47-3)15-14-31(40-24)26-6-4-25(5-7-26)21-43(34-20-29(16-18-39-34)32-22-48-35(41-32)27-8-9-27)36(44)28-10-12-30(13-11-28)49-37(45)42-19-17-38(2,46)23-42/h14-16,18,20,22,25-28,30,46H,4-13,17,19,21,23H2,1-3H3. The second-order valence-corrected chi connectivity index (χ2v) is 15.0. The van der Waals surface area contributed by atoms with Crippen molar-refractivity contribution in [3.8, 4) is 17.0 Å². The summed E-state index contributed by atoms with van der Waals surface area (Å²) >= 11 is 0. The van der Waals surface area contributed by atoms with Crippen molar-refractivity contribution in [2.24, 2.45) is 11.8 Å². The zero-order valence-electron chi connectivity index (χ0n) is 29.0. The van der Waals surface area contributed by atoms with Crippen LogP contribution in [0.4, 0.5) is 10.6 Å². The highest BCUT2D eigenvalue weighted by Gasteiger charge is 2.38. The Morgan fingerprint density at radius 2 is 1.78 bits per heavy atom. The SMILES string of the molecule is COc1ccc(C2CCC(CN(C(=O)C3CCC(OC(=O)N4CCC(C)(O)C4)CC3)c3cc(-c4coc(C5CC5)n4)ccn3)CC2)nc1C. The van der Waals surface area contributed by atoms with Gasteiger partial charge in [-0.05, 0) is 115 Å². The van der Waals surface area contributed by atoms with Gasteiger partial charge >= 0.3 is 6.09 Å². The summed E-state index contributed by atoms with van der Waals surface area (Å²) in [6.07, 6.45) is 12.2. The van der Waals surface area contributed by atoms with E-state index < -0.39 is 5.60 Å². The Morgan fingerprint density at radius 3 is 2.45 bits per heavy atom. The molecule has 2 amide bonds. The molecule has 3 saturated carbocycles. The second kappa shape index (κ2) is 14.1. The summed E-state index contributed by atoms with van der Waals surface area (Å²) in [5, 5.41) is 10.3. The van der Waals surface area contributed by atoms with E-state index in [1.54, 1.807) is 31.4 Å². The molecule has 11 nitrogen and oxygen atoms in total. The number of ether oxygens (including phenoxy) is 2. The van der Waals surface area contributed by atoms with Crippen LogP contribution >= 0.6 is 0 Å². The van der Waals surface area contributed by atoms with Crippen molar-refractivity contribution in [1.82, 2.24) is 19.9 Å². The third-order valence-corrected chi connectivity index (χ3v) is 11.0. The van der Waals surface area contributed by atoms with Gasteiger partial charge in [-0.1, -0.05) is 0 Å². The van der Waals surface area contributed by atoms with Gasteiger partial charge in [0.05, 0.1) is 24.9 Å². The fourth-order valence-electron chi connectivity index (χ4n) is 7.84. The molecule has 4 heterocycles. The zero-order valence-corrected chi connectivity index (χ0v) is 29.0. The Bertz CT molecular complexity index is 1640. The molecule has 1 atom stereocenters. The molecular weight excluding hydrogens is 622 g/mol. The van der Waals surface area contributed by atoms with Crippen LogP contribution in [0.15, 0.2) is 41.1 Å². The van der Waals surface area contributed by atoms with Crippen LogP contribution in [0, 0.1) is 18.8 Å². The van der Waals surface area contributed by atoms with Crippen LogP contribution in [0.5, 0.6) is 5.75 Å². The topological polar surface area (TPSA) is 131 Å². The molecule has 1 N–H and O–H groups in total. The summed E-state index contributed by atoms with van der Waals surface area (Å²) in [5.41, 5.74) is 2.82. The molecule has 0 aromatic carbocycles. The van der Waals surface area contributed by atoms with E-state index in [1.807, 2.05) is 30.0 Å². The van der Waals surface area contributed by atoms with Gasteiger partial charge in [0.25, 0.3) is 0 Å². The molecule has 0 spiro atoms. The Balaban J connectivity index is 1.03. The molecule has 49 heavy (non-hydrogen) atoms. The van der Waals surface area contributed by atoms with Gasteiger partial charge in [-0.2, -0.15) is 0 Å². The first kappa shape index (κ1) is 33.5. The second-order valence-electron chi connectivity index (χ2n) is 15.0. The van der Waals surface area contributed by atoms with Crippen LogP contribution in [0.1, 0.15) is 107 Å². The largest absolute Gasteiger partial charge is 0.495 e. The molecule has 1 aliphatic heterocycles. The van der Waals surface area contributed by atoms with E-state index in [-0.39, 0.29) is 30.6 Å². The number of carbonyl (C=O) groups is 2. The number of aromatic nitrogens is 3. The molecule has 4 aliphatic rings. The van der Waals surface area contributed by atoms with Gasteiger partial charge in [-0.25, -0.2) is 14.8 Å². The molecule has 0 radical (unpaired) electrons. The fraction of sp³-hybridized carbons (Fsp3) is 0.605. The molecular formula is C38H49N5O6.